The van der Waals surface area contributed by atoms with E-state index < -0.39 is 27.8 Å². The van der Waals surface area contributed by atoms with E-state index in [4.69, 9.17) is 4.55 Å². The molecule has 3 aromatic heterocycles. The molecule has 0 aliphatic carbocycles. The predicted molar refractivity (Wildman–Crippen MR) is 177 cm³/mol. The van der Waals surface area contributed by atoms with E-state index in [1.807, 2.05) is 13.0 Å². The van der Waals surface area contributed by atoms with E-state index in [1.165, 1.54) is 29.1 Å². The molecular formula is C34H28F3N7O4S. The molecule has 11 nitrogen and oxygen atoms in total. The van der Waals surface area contributed by atoms with Gasteiger partial charge < -0.3 is 15.2 Å². The summed E-state index contributed by atoms with van der Waals surface area (Å²) in [5.74, 6) is -0.259. The summed E-state index contributed by atoms with van der Waals surface area (Å²) in [5, 5.41) is 5.71. The summed E-state index contributed by atoms with van der Waals surface area (Å²) in [6, 6.07) is 21.1. The molecule has 6 rings (SSSR count). The maximum absolute atomic E-state index is 13.6. The molecule has 0 bridgehead atoms. The van der Waals surface area contributed by atoms with Crippen LogP contribution in [0.2, 0.25) is 0 Å². The van der Waals surface area contributed by atoms with Crippen molar-refractivity contribution >= 4 is 33.3 Å². The van der Waals surface area contributed by atoms with E-state index in [1.54, 1.807) is 80.2 Å². The Morgan fingerprint density at radius 3 is 2.31 bits per heavy atom. The van der Waals surface area contributed by atoms with E-state index in [-0.39, 0.29) is 21.8 Å². The van der Waals surface area contributed by atoms with Crippen LogP contribution >= 0.6 is 0 Å². The molecule has 250 valence electrons. The number of aryl methyl sites for hydroxylation is 2. The number of amides is 1. The number of benzene rings is 3. The monoisotopic (exact) mass is 687 g/mol. The first kappa shape index (κ1) is 34.4. The van der Waals surface area contributed by atoms with Gasteiger partial charge in [0.2, 0.25) is 5.95 Å². The lowest BCUT2D eigenvalue weighted by molar-refractivity contribution is -0.137. The maximum Gasteiger partial charge on any atom is 0.416 e. The third-order valence-corrected chi connectivity index (χ3v) is 7.78. The number of rotatable bonds is 7. The van der Waals surface area contributed by atoms with Gasteiger partial charge in [0.25, 0.3) is 16.0 Å². The number of pyridine rings is 1. The third-order valence-electron chi connectivity index (χ3n) is 6.91. The fourth-order valence-corrected chi connectivity index (χ4v) is 4.97. The van der Waals surface area contributed by atoms with Crippen molar-refractivity contribution in [2.75, 3.05) is 10.6 Å². The fourth-order valence-electron chi connectivity index (χ4n) is 4.47. The van der Waals surface area contributed by atoms with Gasteiger partial charge in [-0.05, 0) is 80.1 Å². The highest BCUT2D eigenvalue weighted by Crippen LogP contribution is 2.33. The second-order valence-corrected chi connectivity index (χ2v) is 12.0. The molecule has 3 heterocycles. The zero-order valence-electron chi connectivity index (χ0n) is 25.9. The van der Waals surface area contributed by atoms with Gasteiger partial charge in [-0.1, -0.05) is 24.3 Å². The van der Waals surface area contributed by atoms with Crippen LogP contribution in [-0.2, 0) is 16.3 Å². The number of aromatic nitrogens is 5. The normalized spacial score (nSPS) is 11.3. The topological polar surface area (TPSA) is 152 Å². The zero-order valence-corrected chi connectivity index (χ0v) is 26.7. The van der Waals surface area contributed by atoms with E-state index in [0.717, 1.165) is 23.3 Å². The molecule has 0 atom stereocenters. The van der Waals surface area contributed by atoms with Crippen molar-refractivity contribution in [3.05, 3.63) is 138 Å². The molecule has 0 saturated heterocycles. The second kappa shape index (κ2) is 14.5. The molecule has 1 amide bonds. The van der Waals surface area contributed by atoms with Crippen molar-refractivity contribution in [2.45, 2.75) is 24.9 Å². The van der Waals surface area contributed by atoms with Crippen LogP contribution < -0.4 is 10.6 Å². The highest BCUT2D eigenvalue weighted by atomic mass is 32.2. The maximum atomic E-state index is 13.6. The van der Waals surface area contributed by atoms with Gasteiger partial charge in [-0.25, -0.2) is 15.0 Å². The van der Waals surface area contributed by atoms with E-state index in [0.29, 0.717) is 23.0 Å². The van der Waals surface area contributed by atoms with Crippen LogP contribution in [0.25, 0.3) is 16.9 Å². The Hall–Kier alpha value is -5.93. The Kier molecular flexibility index (Phi) is 10.1. The average molecular weight is 688 g/mol. The van der Waals surface area contributed by atoms with Crippen LogP contribution in [0.4, 0.5) is 30.5 Å². The van der Waals surface area contributed by atoms with Crippen LogP contribution in [0, 0.1) is 13.8 Å². The number of imidazole rings is 1. The minimum Gasteiger partial charge on any atom is -0.324 e. The molecule has 0 spiro atoms. The van der Waals surface area contributed by atoms with Gasteiger partial charge in [-0.3, -0.25) is 14.3 Å². The molecule has 6 aromatic rings. The first-order valence-corrected chi connectivity index (χ1v) is 15.9. The fraction of sp³-hybridized carbons (Fsp3) is 0.0882. The van der Waals surface area contributed by atoms with E-state index >= 15 is 0 Å². The summed E-state index contributed by atoms with van der Waals surface area (Å²) in [6.07, 6.45) is 3.38. The molecule has 0 aliphatic heterocycles. The SMILES string of the molecule is Cc1cn(-c2cc(NC(=O)c3ccc(C)c(Nc4nccc(-c5cccnc5)n4)c3)cc(C(F)(F)F)c2)cn1.O=S(=O)(O)c1ccccc1. The van der Waals surface area contributed by atoms with Crippen LogP contribution in [0.1, 0.15) is 27.2 Å². The summed E-state index contributed by atoms with van der Waals surface area (Å²) in [4.78, 5) is 30.0. The molecule has 3 N–H and O–H groups in total. The van der Waals surface area contributed by atoms with Crippen LogP contribution in [0.3, 0.4) is 0 Å². The van der Waals surface area contributed by atoms with E-state index in [9.17, 15) is 26.4 Å². The third kappa shape index (κ3) is 9.12. The summed E-state index contributed by atoms with van der Waals surface area (Å²) in [7, 11) is -4.00. The van der Waals surface area contributed by atoms with Gasteiger partial charge in [-0.2, -0.15) is 21.6 Å². The van der Waals surface area contributed by atoms with Gasteiger partial charge in [-0.15, -0.1) is 0 Å². The first-order valence-electron chi connectivity index (χ1n) is 14.4. The molecule has 49 heavy (non-hydrogen) atoms. The van der Waals surface area contributed by atoms with Gasteiger partial charge in [0, 0.05) is 53.0 Å². The highest BCUT2D eigenvalue weighted by molar-refractivity contribution is 7.85. The standard InChI is InChI=1S/C28H22F3N7O.C6H6O3S/c1-17-5-6-19(10-25(17)37-27-33-9-7-24(36-27)20-4-3-8-32-14-20)26(39)35-22-11-21(28(29,30)31)12-23(13-22)38-15-18(2)34-16-38;7-10(8,9)6-4-2-1-3-5-6/h3-16H,1-2H3,(H,35,39)(H,33,36,37);1-5H,(H,7,8,9). The number of nitrogens with one attached hydrogen (secondary N) is 2. The summed E-state index contributed by atoms with van der Waals surface area (Å²) in [5.41, 5.74) is 3.09. The Balaban J connectivity index is 0.000000402. The molecular weight excluding hydrogens is 659 g/mol. The quantitative estimate of drug-likeness (QED) is 0.147. The van der Waals surface area contributed by atoms with Gasteiger partial charge >= 0.3 is 6.18 Å². The van der Waals surface area contributed by atoms with Gasteiger partial charge in [0.1, 0.15) is 0 Å². The lowest BCUT2D eigenvalue weighted by Crippen LogP contribution is -2.14. The summed E-state index contributed by atoms with van der Waals surface area (Å²) in [6.45, 7) is 3.58. The van der Waals surface area contributed by atoms with Crippen molar-refractivity contribution in [3.8, 4) is 16.9 Å². The molecule has 0 saturated carbocycles. The van der Waals surface area contributed by atoms with Crippen molar-refractivity contribution in [3.63, 3.8) is 0 Å². The smallest absolute Gasteiger partial charge is 0.324 e. The number of carbonyl (C=O) groups is 1. The van der Waals surface area contributed by atoms with Gasteiger partial charge in [0.05, 0.1) is 28.2 Å². The minimum atomic E-state index is -4.60. The van der Waals surface area contributed by atoms with Gasteiger partial charge in [0.15, 0.2) is 0 Å². The molecule has 0 unspecified atom stereocenters. The Morgan fingerprint density at radius 1 is 0.898 bits per heavy atom. The second-order valence-electron chi connectivity index (χ2n) is 10.6. The molecule has 0 radical (unpaired) electrons. The number of halogens is 3. The minimum absolute atomic E-state index is 0.00114. The largest absolute Gasteiger partial charge is 0.416 e. The number of carbonyl (C=O) groups excluding carboxylic acids is 1. The molecule has 15 heteroatoms. The Morgan fingerprint density at radius 2 is 1.67 bits per heavy atom. The summed E-state index contributed by atoms with van der Waals surface area (Å²) >= 11 is 0. The van der Waals surface area contributed by atoms with Crippen LogP contribution in [0.15, 0.2) is 121 Å². The van der Waals surface area contributed by atoms with Crippen molar-refractivity contribution in [2.24, 2.45) is 0 Å². The zero-order chi connectivity index (χ0) is 35.2. The number of hydrogen-bond donors (Lipinski definition) is 3. The Bertz CT molecular complexity index is 2200. The van der Waals surface area contributed by atoms with Crippen molar-refractivity contribution < 1.29 is 30.9 Å². The highest BCUT2D eigenvalue weighted by Gasteiger charge is 2.31. The van der Waals surface area contributed by atoms with Crippen molar-refractivity contribution in [1.82, 2.24) is 24.5 Å². The number of hydrogen-bond acceptors (Lipinski definition) is 8. The number of anilines is 3. The lowest BCUT2D eigenvalue weighted by atomic mass is 10.1. The molecule has 0 aliphatic rings. The molecule has 0 fully saturated rings. The van der Waals surface area contributed by atoms with Crippen LogP contribution in [-0.4, -0.2) is 43.4 Å². The van der Waals surface area contributed by atoms with Crippen molar-refractivity contribution in [1.29, 1.82) is 0 Å². The number of alkyl halides is 3. The summed E-state index contributed by atoms with van der Waals surface area (Å²) < 4.78 is 71.5. The van der Waals surface area contributed by atoms with E-state index in [2.05, 4.69) is 30.6 Å². The first-order chi connectivity index (χ1) is 23.3. The molecule has 3 aromatic carbocycles. The average Bonchev–Trinajstić information content (AvgIpc) is 3.52. The predicted octanol–water partition coefficient (Wildman–Crippen LogP) is 7.29. The van der Waals surface area contributed by atoms with Crippen LogP contribution in [0.5, 0.6) is 0 Å². The lowest BCUT2D eigenvalue weighted by Gasteiger charge is -2.14. The number of nitrogens with zero attached hydrogens (tertiary/aromatic N) is 5. The Labute approximate surface area is 279 Å².